The Kier molecular flexibility index (Phi) is 5.29. The molecule has 0 spiro atoms. The highest BCUT2D eigenvalue weighted by Gasteiger charge is 2.22. The van der Waals surface area contributed by atoms with Crippen LogP contribution in [0.2, 0.25) is 0 Å². The molecule has 0 saturated carbocycles. The molecule has 0 atom stereocenters. The van der Waals surface area contributed by atoms with Gasteiger partial charge in [0.25, 0.3) is 0 Å². The Morgan fingerprint density at radius 2 is 1.76 bits per heavy atom. The van der Waals surface area contributed by atoms with E-state index in [1.54, 1.807) is 12.4 Å². The summed E-state index contributed by atoms with van der Waals surface area (Å²) in [4.78, 5) is 5.97. The van der Waals surface area contributed by atoms with E-state index < -0.39 is 21.7 Å². The Morgan fingerprint density at radius 1 is 1.08 bits per heavy atom. The molecule has 1 aliphatic rings. The second-order valence-electron chi connectivity index (χ2n) is 6.06. The van der Waals surface area contributed by atoms with Gasteiger partial charge in [0, 0.05) is 37.7 Å². The van der Waals surface area contributed by atoms with Crippen molar-refractivity contribution in [2.24, 2.45) is 5.92 Å². The summed E-state index contributed by atoms with van der Waals surface area (Å²) in [6, 6.07) is 6.48. The van der Waals surface area contributed by atoms with Crippen molar-refractivity contribution in [3.63, 3.8) is 0 Å². The minimum Gasteiger partial charge on any atom is -0.371 e. The molecule has 0 radical (unpaired) electrons. The zero-order chi connectivity index (χ0) is 17.9. The van der Waals surface area contributed by atoms with Crippen LogP contribution in [0.3, 0.4) is 0 Å². The Balaban J connectivity index is 1.55. The van der Waals surface area contributed by atoms with Gasteiger partial charge in [-0.2, -0.15) is 0 Å². The van der Waals surface area contributed by atoms with Gasteiger partial charge in [0.2, 0.25) is 10.0 Å². The summed E-state index contributed by atoms with van der Waals surface area (Å²) in [6.07, 6.45) is 5.19. The number of hydrogen-bond donors (Lipinski definition) is 1. The van der Waals surface area contributed by atoms with Crippen molar-refractivity contribution in [2.45, 2.75) is 17.7 Å². The average molecular weight is 367 g/mol. The highest BCUT2D eigenvalue weighted by molar-refractivity contribution is 7.89. The van der Waals surface area contributed by atoms with Crippen molar-refractivity contribution in [2.75, 3.05) is 24.5 Å². The second kappa shape index (κ2) is 7.45. The predicted octanol–water partition coefficient (Wildman–Crippen LogP) is 2.55. The summed E-state index contributed by atoms with van der Waals surface area (Å²) in [7, 11) is -3.84. The van der Waals surface area contributed by atoms with Crippen LogP contribution in [0.15, 0.2) is 47.6 Å². The quantitative estimate of drug-likeness (QED) is 0.882. The molecule has 2 heterocycles. The molecule has 2 aromatic rings. The van der Waals surface area contributed by atoms with Gasteiger partial charge in [-0.15, -0.1) is 0 Å². The number of nitrogens with zero attached hydrogens (tertiary/aromatic N) is 2. The third kappa shape index (κ3) is 4.32. The van der Waals surface area contributed by atoms with E-state index in [1.165, 1.54) is 0 Å². The maximum atomic E-state index is 13.2. The van der Waals surface area contributed by atoms with E-state index in [1.807, 2.05) is 12.1 Å². The van der Waals surface area contributed by atoms with Gasteiger partial charge in [-0.25, -0.2) is 21.9 Å². The SMILES string of the molecule is O=S(=O)(NCC1CCN(c2ccncc2)CC1)c1ccc(F)c(F)c1. The highest BCUT2D eigenvalue weighted by Crippen LogP contribution is 2.23. The average Bonchev–Trinajstić information content (AvgIpc) is 2.63. The Morgan fingerprint density at radius 3 is 2.40 bits per heavy atom. The molecule has 1 fully saturated rings. The van der Waals surface area contributed by atoms with Crippen LogP contribution in [0.25, 0.3) is 0 Å². The van der Waals surface area contributed by atoms with Crippen LogP contribution in [0, 0.1) is 17.6 Å². The molecular formula is C17H19F2N3O2S. The van der Waals surface area contributed by atoms with Crippen LogP contribution >= 0.6 is 0 Å². The van der Waals surface area contributed by atoms with Gasteiger partial charge >= 0.3 is 0 Å². The van der Waals surface area contributed by atoms with Gasteiger partial charge in [-0.3, -0.25) is 4.98 Å². The van der Waals surface area contributed by atoms with Crippen LogP contribution in [-0.4, -0.2) is 33.0 Å². The van der Waals surface area contributed by atoms with Crippen molar-refractivity contribution >= 4 is 15.7 Å². The zero-order valence-electron chi connectivity index (χ0n) is 13.5. The van der Waals surface area contributed by atoms with Crippen LogP contribution in [0.5, 0.6) is 0 Å². The number of piperidine rings is 1. The lowest BCUT2D eigenvalue weighted by molar-refractivity contribution is 0.402. The maximum absolute atomic E-state index is 13.2. The van der Waals surface area contributed by atoms with Crippen molar-refractivity contribution in [1.82, 2.24) is 9.71 Å². The molecule has 3 rings (SSSR count). The van der Waals surface area contributed by atoms with Crippen molar-refractivity contribution in [3.05, 3.63) is 54.4 Å². The number of sulfonamides is 1. The van der Waals surface area contributed by atoms with E-state index in [2.05, 4.69) is 14.6 Å². The molecule has 1 N–H and O–H groups in total. The fourth-order valence-electron chi connectivity index (χ4n) is 2.91. The second-order valence-corrected chi connectivity index (χ2v) is 7.83. The lowest BCUT2D eigenvalue weighted by atomic mass is 9.97. The molecule has 1 aliphatic heterocycles. The number of benzene rings is 1. The largest absolute Gasteiger partial charge is 0.371 e. The summed E-state index contributed by atoms with van der Waals surface area (Å²) in [6.45, 7) is 1.95. The highest BCUT2D eigenvalue weighted by atomic mass is 32.2. The first-order chi connectivity index (χ1) is 12.0. The maximum Gasteiger partial charge on any atom is 0.240 e. The summed E-state index contributed by atoms with van der Waals surface area (Å²) in [5, 5.41) is 0. The molecule has 134 valence electrons. The molecule has 25 heavy (non-hydrogen) atoms. The summed E-state index contributed by atoms with van der Waals surface area (Å²) in [5.41, 5.74) is 1.11. The molecule has 8 heteroatoms. The Hall–Kier alpha value is -2.06. The molecule has 0 aliphatic carbocycles. The first-order valence-corrected chi connectivity index (χ1v) is 9.54. The molecule has 1 aromatic heterocycles. The monoisotopic (exact) mass is 367 g/mol. The van der Waals surface area contributed by atoms with Gasteiger partial charge in [0.1, 0.15) is 0 Å². The third-order valence-corrected chi connectivity index (χ3v) is 5.83. The molecule has 0 unspecified atom stereocenters. The fourth-order valence-corrected chi connectivity index (χ4v) is 4.03. The number of aromatic nitrogens is 1. The lowest BCUT2D eigenvalue weighted by Crippen LogP contribution is -2.38. The van der Waals surface area contributed by atoms with Crippen molar-refractivity contribution in [3.8, 4) is 0 Å². The Labute approximate surface area is 145 Å². The summed E-state index contributed by atoms with van der Waals surface area (Å²) < 4.78 is 53.1. The van der Waals surface area contributed by atoms with E-state index in [0.29, 0.717) is 6.07 Å². The number of pyridine rings is 1. The summed E-state index contributed by atoms with van der Waals surface area (Å²) in [5.74, 6) is -2.03. The number of nitrogens with one attached hydrogen (secondary N) is 1. The van der Waals surface area contributed by atoms with Crippen molar-refractivity contribution < 1.29 is 17.2 Å². The molecule has 1 saturated heterocycles. The molecular weight excluding hydrogens is 348 g/mol. The smallest absolute Gasteiger partial charge is 0.240 e. The molecule has 0 amide bonds. The standard InChI is InChI=1S/C17H19F2N3O2S/c18-16-2-1-15(11-17(16)19)25(23,24)21-12-13-5-9-22(10-6-13)14-3-7-20-8-4-14/h1-4,7-8,11,13,21H,5-6,9-10,12H2. The third-order valence-electron chi connectivity index (χ3n) is 4.41. The number of rotatable bonds is 5. The van der Waals surface area contributed by atoms with Gasteiger partial charge in [-0.05, 0) is 49.1 Å². The summed E-state index contributed by atoms with van der Waals surface area (Å²) >= 11 is 0. The number of halogens is 2. The van der Waals surface area contributed by atoms with E-state index in [4.69, 9.17) is 0 Å². The predicted molar refractivity (Wildman–Crippen MR) is 90.7 cm³/mol. The van der Waals surface area contributed by atoms with E-state index in [0.717, 1.165) is 43.8 Å². The number of hydrogen-bond acceptors (Lipinski definition) is 4. The van der Waals surface area contributed by atoms with Crippen LogP contribution < -0.4 is 9.62 Å². The normalized spacial score (nSPS) is 16.2. The topological polar surface area (TPSA) is 62.3 Å². The van der Waals surface area contributed by atoms with Crippen LogP contribution in [-0.2, 0) is 10.0 Å². The van der Waals surface area contributed by atoms with Gasteiger partial charge in [-0.1, -0.05) is 0 Å². The van der Waals surface area contributed by atoms with Gasteiger partial charge < -0.3 is 4.90 Å². The van der Waals surface area contributed by atoms with Gasteiger partial charge in [0.05, 0.1) is 4.90 Å². The minimum absolute atomic E-state index is 0.207. The molecule has 1 aromatic carbocycles. The lowest BCUT2D eigenvalue weighted by Gasteiger charge is -2.33. The van der Waals surface area contributed by atoms with E-state index in [9.17, 15) is 17.2 Å². The van der Waals surface area contributed by atoms with Crippen molar-refractivity contribution in [1.29, 1.82) is 0 Å². The van der Waals surface area contributed by atoms with Crippen LogP contribution in [0.4, 0.5) is 14.5 Å². The Bertz CT molecular complexity index is 823. The first-order valence-electron chi connectivity index (χ1n) is 8.05. The van der Waals surface area contributed by atoms with E-state index >= 15 is 0 Å². The minimum atomic E-state index is -3.84. The zero-order valence-corrected chi connectivity index (χ0v) is 14.3. The number of anilines is 1. The van der Waals surface area contributed by atoms with Gasteiger partial charge in [0.15, 0.2) is 11.6 Å². The first kappa shape index (κ1) is 17.8. The molecule has 0 bridgehead atoms. The molecule has 5 nitrogen and oxygen atoms in total. The van der Waals surface area contributed by atoms with E-state index in [-0.39, 0.29) is 17.4 Å². The fraction of sp³-hybridized carbons (Fsp3) is 0.353. The van der Waals surface area contributed by atoms with Crippen LogP contribution in [0.1, 0.15) is 12.8 Å².